The normalized spacial score (nSPS) is 18.5. The zero-order valence-corrected chi connectivity index (χ0v) is 11.2. The molecule has 94 valence electrons. The van der Waals surface area contributed by atoms with Crippen molar-refractivity contribution in [2.75, 3.05) is 38.1 Å². The van der Waals surface area contributed by atoms with Gasteiger partial charge in [0.25, 0.3) is 0 Å². The minimum absolute atomic E-state index is 0.513. The predicted molar refractivity (Wildman–Crippen MR) is 72.7 cm³/mol. The zero-order chi connectivity index (χ0) is 12.3. The molecule has 1 aliphatic heterocycles. The van der Waals surface area contributed by atoms with E-state index in [-0.39, 0.29) is 0 Å². The number of anilines is 1. The summed E-state index contributed by atoms with van der Waals surface area (Å²) in [4.78, 5) is 9.39. The molecule has 0 radical (unpaired) electrons. The largest absolute Gasteiger partial charge is 0.369 e. The monoisotopic (exact) mass is 233 g/mol. The van der Waals surface area contributed by atoms with Crippen LogP contribution in [0, 0.1) is 0 Å². The highest BCUT2D eigenvalue weighted by molar-refractivity contribution is 5.45. The third kappa shape index (κ3) is 3.19. The maximum atomic E-state index is 4.55. The third-order valence-electron chi connectivity index (χ3n) is 3.45. The van der Waals surface area contributed by atoms with E-state index in [0.29, 0.717) is 5.92 Å². The van der Waals surface area contributed by atoms with Gasteiger partial charge in [-0.15, -0.1) is 0 Å². The Morgan fingerprint density at radius 1 is 1.12 bits per heavy atom. The first kappa shape index (κ1) is 12.4. The molecule has 0 amide bonds. The fourth-order valence-corrected chi connectivity index (χ4v) is 2.23. The van der Waals surface area contributed by atoms with E-state index in [1.807, 2.05) is 6.20 Å². The van der Waals surface area contributed by atoms with Gasteiger partial charge in [0.1, 0.15) is 0 Å². The minimum atomic E-state index is 0.513. The van der Waals surface area contributed by atoms with Crippen LogP contribution in [-0.4, -0.2) is 43.1 Å². The van der Waals surface area contributed by atoms with Crippen molar-refractivity contribution in [2.45, 2.75) is 26.2 Å². The van der Waals surface area contributed by atoms with Crippen molar-refractivity contribution < 1.29 is 0 Å². The second kappa shape index (κ2) is 5.50. The van der Waals surface area contributed by atoms with Crippen LogP contribution in [0.4, 0.5) is 5.69 Å². The Hall–Kier alpha value is -1.09. The molecule has 0 aliphatic carbocycles. The topological polar surface area (TPSA) is 19.4 Å². The summed E-state index contributed by atoms with van der Waals surface area (Å²) >= 11 is 0. The maximum absolute atomic E-state index is 4.55. The van der Waals surface area contributed by atoms with Crippen molar-refractivity contribution in [3.8, 4) is 0 Å². The Bertz CT molecular complexity index is 345. The number of rotatable bonds is 2. The molecule has 0 saturated carbocycles. The molecule has 0 spiro atoms. The summed E-state index contributed by atoms with van der Waals surface area (Å²) in [5.74, 6) is 0.513. The van der Waals surface area contributed by atoms with E-state index in [0.717, 1.165) is 19.6 Å². The number of hydrogen-bond donors (Lipinski definition) is 0. The van der Waals surface area contributed by atoms with Crippen molar-refractivity contribution >= 4 is 5.69 Å². The lowest BCUT2D eigenvalue weighted by Crippen LogP contribution is -2.28. The van der Waals surface area contributed by atoms with E-state index in [1.54, 1.807) is 0 Å². The molecule has 2 rings (SSSR count). The predicted octanol–water partition coefficient (Wildman–Crippen LogP) is 2.35. The average molecular weight is 233 g/mol. The number of nitrogens with zero attached hydrogens (tertiary/aromatic N) is 3. The summed E-state index contributed by atoms with van der Waals surface area (Å²) in [5.41, 5.74) is 2.45. The van der Waals surface area contributed by atoms with Crippen LogP contribution in [0.5, 0.6) is 0 Å². The number of aromatic nitrogens is 1. The van der Waals surface area contributed by atoms with Gasteiger partial charge < -0.3 is 9.80 Å². The fourth-order valence-electron chi connectivity index (χ4n) is 2.23. The quantitative estimate of drug-likeness (QED) is 0.781. The molecule has 17 heavy (non-hydrogen) atoms. The molecule has 3 heteroatoms. The molecule has 2 heterocycles. The standard InChI is InChI=1S/C14H23N3/c1-12(2)14-6-5-13(11-15-14)17-8-4-7-16(3)9-10-17/h5-6,11-12H,4,7-10H2,1-3H3. The van der Waals surface area contributed by atoms with Crippen LogP contribution >= 0.6 is 0 Å². The lowest BCUT2D eigenvalue weighted by Gasteiger charge is -2.22. The minimum Gasteiger partial charge on any atom is -0.369 e. The van der Waals surface area contributed by atoms with Crippen LogP contribution in [0.2, 0.25) is 0 Å². The molecule has 0 aromatic carbocycles. The summed E-state index contributed by atoms with van der Waals surface area (Å²) in [6.45, 7) is 8.97. The molecule has 1 saturated heterocycles. The molecular weight excluding hydrogens is 210 g/mol. The summed E-state index contributed by atoms with van der Waals surface area (Å²) in [6.07, 6.45) is 3.27. The smallest absolute Gasteiger partial charge is 0.0553 e. The summed E-state index contributed by atoms with van der Waals surface area (Å²) in [5, 5.41) is 0. The molecule has 1 aromatic rings. The van der Waals surface area contributed by atoms with Crippen molar-refractivity contribution in [1.82, 2.24) is 9.88 Å². The van der Waals surface area contributed by atoms with E-state index in [1.165, 1.54) is 24.3 Å². The first-order valence-corrected chi connectivity index (χ1v) is 6.56. The van der Waals surface area contributed by atoms with Crippen LogP contribution in [-0.2, 0) is 0 Å². The number of likely N-dealkylation sites (N-methyl/N-ethyl adjacent to an activating group) is 1. The van der Waals surface area contributed by atoms with Crippen LogP contribution < -0.4 is 4.90 Å². The van der Waals surface area contributed by atoms with E-state index in [9.17, 15) is 0 Å². The van der Waals surface area contributed by atoms with Gasteiger partial charge in [0.2, 0.25) is 0 Å². The van der Waals surface area contributed by atoms with E-state index < -0.39 is 0 Å². The SMILES string of the molecule is CC(C)c1ccc(N2CCCN(C)CC2)cn1. The Morgan fingerprint density at radius 3 is 2.59 bits per heavy atom. The number of pyridine rings is 1. The lowest BCUT2D eigenvalue weighted by atomic mass is 10.1. The van der Waals surface area contributed by atoms with Gasteiger partial charge in [-0.05, 0) is 38.1 Å². The lowest BCUT2D eigenvalue weighted by molar-refractivity contribution is 0.360. The van der Waals surface area contributed by atoms with Crippen LogP contribution in [0.1, 0.15) is 31.9 Å². The van der Waals surface area contributed by atoms with Gasteiger partial charge in [-0.1, -0.05) is 13.8 Å². The molecule has 1 aliphatic rings. The van der Waals surface area contributed by atoms with Gasteiger partial charge in [0.05, 0.1) is 11.9 Å². The second-order valence-corrected chi connectivity index (χ2v) is 5.24. The average Bonchev–Trinajstić information content (AvgIpc) is 2.54. The zero-order valence-electron chi connectivity index (χ0n) is 11.2. The highest BCUT2D eigenvalue weighted by Crippen LogP contribution is 2.18. The highest BCUT2D eigenvalue weighted by Gasteiger charge is 2.12. The molecule has 0 atom stereocenters. The summed E-state index contributed by atoms with van der Waals surface area (Å²) in [6, 6.07) is 4.38. The first-order chi connectivity index (χ1) is 8.16. The third-order valence-corrected chi connectivity index (χ3v) is 3.45. The van der Waals surface area contributed by atoms with Crippen LogP contribution in [0.25, 0.3) is 0 Å². The van der Waals surface area contributed by atoms with E-state index in [2.05, 4.69) is 47.8 Å². The molecule has 0 unspecified atom stereocenters. The van der Waals surface area contributed by atoms with Crippen molar-refractivity contribution in [3.63, 3.8) is 0 Å². The Kier molecular flexibility index (Phi) is 4.00. The van der Waals surface area contributed by atoms with Crippen molar-refractivity contribution in [3.05, 3.63) is 24.0 Å². The van der Waals surface area contributed by atoms with Gasteiger partial charge in [-0.25, -0.2) is 0 Å². The van der Waals surface area contributed by atoms with E-state index in [4.69, 9.17) is 0 Å². The second-order valence-electron chi connectivity index (χ2n) is 5.24. The summed E-state index contributed by atoms with van der Waals surface area (Å²) in [7, 11) is 2.20. The van der Waals surface area contributed by atoms with Gasteiger partial charge >= 0.3 is 0 Å². The van der Waals surface area contributed by atoms with Gasteiger partial charge in [0, 0.05) is 25.3 Å². The number of hydrogen-bond acceptors (Lipinski definition) is 3. The van der Waals surface area contributed by atoms with Crippen LogP contribution in [0.15, 0.2) is 18.3 Å². The maximum Gasteiger partial charge on any atom is 0.0553 e. The molecule has 0 bridgehead atoms. The first-order valence-electron chi connectivity index (χ1n) is 6.56. The fraction of sp³-hybridized carbons (Fsp3) is 0.643. The van der Waals surface area contributed by atoms with Gasteiger partial charge in [-0.3, -0.25) is 4.98 Å². The molecule has 3 nitrogen and oxygen atoms in total. The summed E-state index contributed by atoms with van der Waals surface area (Å²) < 4.78 is 0. The highest BCUT2D eigenvalue weighted by atomic mass is 15.2. The van der Waals surface area contributed by atoms with Gasteiger partial charge in [0.15, 0.2) is 0 Å². The Labute approximate surface area is 104 Å². The Balaban J connectivity index is 2.06. The molecular formula is C14H23N3. The molecule has 1 fully saturated rings. The van der Waals surface area contributed by atoms with Crippen molar-refractivity contribution in [1.29, 1.82) is 0 Å². The van der Waals surface area contributed by atoms with Gasteiger partial charge in [-0.2, -0.15) is 0 Å². The van der Waals surface area contributed by atoms with Crippen molar-refractivity contribution in [2.24, 2.45) is 0 Å². The Morgan fingerprint density at radius 2 is 1.94 bits per heavy atom. The molecule has 0 N–H and O–H groups in total. The van der Waals surface area contributed by atoms with Crippen LogP contribution in [0.3, 0.4) is 0 Å². The molecule has 1 aromatic heterocycles. The van der Waals surface area contributed by atoms with E-state index >= 15 is 0 Å².